The van der Waals surface area contributed by atoms with Crippen LogP contribution < -0.4 is 11.0 Å². The zero-order valence-electron chi connectivity index (χ0n) is 4.82. The van der Waals surface area contributed by atoms with Crippen molar-refractivity contribution < 1.29 is 9.68 Å². The summed E-state index contributed by atoms with van der Waals surface area (Å²) in [4.78, 5) is 9.41. The van der Waals surface area contributed by atoms with Gasteiger partial charge in [0.05, 0.1) is 0 Å². The Morgan fingerprint density at radius 2 is 2.25 bits per heavy atom. The van der Waals surface area contributed by atoms with Crippen molar-refractivity contribution in [2.75, 3.05) is 7.05 Å². The molecule has 8 heavy (non-hydrogen) atoms. The Kier molecular flexibility index (Phi) is 1.26. The van der Waals surface area contributed by atoms with Crippen LogP contribution in [-0.2, 0) is 9.68 Å². The Balaban J connectivity index is 2.58. The second-order valence-electron chi connectivity index (χ2n) is 1.42. The molecule has 4 heteroatoms. The van der Waals surface area contributed by atoms with Crippen LogP contribution in [0, 0.1) is 0 Å². The van der Waals surface area contributed by atoms with Gasteiger partial charge in [0.2, 0.25) is 0 Å². The molecule has 0 aromatic rings. The molecule has 0 radical (unpaired) electrons. The quantitative estimate of drug-likeness (QED) is 0.500. The number of nitrogens with one attached hydrogen (secondary N) is 2. The lowest BCUT2D eigenvalue weighted by molar-refractivity contribution is -0.0678. The predicted octanol–water partition coefficient (Wildman–Crippen LogP) is -0.139. The van der Waals surface area contributed by atoms with E-state index in [0.717, 1.165) is 0 Å². The maximum absolute atomic E-state index is 4.71. The standard InChI is InChI=1S/C4H8N2O2/c1-3-4(5-2)8-6-7-3/h5-6H,1-2H3. The number of allylic oxidation sites excluding steroid dienone is 1. The van der Waals surface area contributed by atoms with Crippen molar-refractivity contribution in [3.05, 3.63) is 11.6 Å². The highest BCUT2D eigenvalue weighted by atomic mass is 16.9. The first-order valence-electron chi connectivity index (χ1n) is 2.32. The summed E-state index contributed by atoms with van der Waals surface area (Å²) >= 11 is 0. The van der Waals surface area contributed by atoms with Gasteiger partial charge in [-0.25, -0.2) is 0 Å². The summed E-state index contributed by atoms with van der Waals surface area (Å²) in [5.74, 6) is 1.34. The largest absolute Gasteiger partial charge is 0.373 e. The first-order chi connectivity index (χ1) is 3.84. The van der Waals surface area contributed by atoms with Crippen LogP contribution in [0.5, 0.6) is 0 Å². The Morgan fingerprint density at radius 3 is 2.50 bits per heavy atom. The van der Waals surface area contributed by atoms with Crippen LogP contribution in [0.2, 0.25) is 0 Å². The van der Waals surface area contributed by atoms with E-state index in [2.05, 4.69) is 11.0 Å². The van der Waals surface area contributed by atoms with Crippen molar-refractivity contribution in [2.45, 2.75) is 6.92 Å². The zero-order valence-corrected chi connectivity index (χ0v) is 4.82. The normalized spacial score (nSPS) is 17.8. The fourth-order valence-corrected chi connectivity index (χ4v) is 0.470. The zero-order chi connectivity index (χ0) is 5.98. The molecule has 0 aromatic heterocycles. The Morgan fingerprint density at radius 1 is 1.50 bits per heavy atom. The van der Waals surface area contributed by atoms with Gasteiger partial charge in [-0.2, -0.15) is 0 Å². The predicted molar refractivity (Wildman–Crippen MR) is 27.1 cm³/mol. The van der Waals surface area contributed by atoms with Gasteiger partial charge in [-0.1, -0.05) is 0 Å². The van der Waals surface area contributed by atoms with Gasteiger partial charge in [-0.05, 0) is 0 Å². The Labute approximate surface area is 47.4 Å². The Bertz CT molecular complexity index is 121. The van der Waals surface area contributed by atoms with E-state index in [1.807, 2.05) is 0 Å². The minimum atomic E-state index is 0.630. The lowest BCUT2D eigenvalue weighted by atomic mass is 10.6. The van der Waals surface area contributed by atoms with Crippen LogP contribution >= 0.6 is 0 Å². The van der Waals surface area contributed by atoms with Gasteiger partial charge >= 0.3 is 0 Å². The van der Waals surface area contributed by atoms with Gasteiger partial charge in [0.15, 0.2) is 5.76 Å². The van der Waals surface area contributed by atoms with E-state index in [0.29, 0.717) is 11.6 Å². The molecule has 46 valence electrons. The molecule has 4 nitrogen and oxygen atoms in total. The third kappa shape index (κ3) is 0.696. The molecule has 0 atom stereocenters. The summed E-state index contributed by atoms with van der Waals surface area (Å²) in [6.45, 7) is 1.80. The summed E-state index contributed by atoms with van der Waals surface area (Å²) in [5.41, 5.74) is 2.24. The molecule has 0 aromatic carbocycles. The molecule has 1 rings (SSSR count). The van der Waals surface area contributed by atoms with E-state index in [1.54, 1.807) is 14.0 Å². The summed E-state index contributed by atoms with van der Waals surface area (Å²) in [6, 6.07) is 0. The average molecular weight is 116 g/mol. The molecular formula is C4H8N2O2. The third-order valence-electron chi connectivity index (χ3n) is 0.885. The van der Waals surface area contributed by atoms with E-state index >= 15 is 0 Å². The SMILES string of the molecule is CNC1=C(C)ONO1. The van der Waals surface area contributed by atoms with Crippen molar-refractivity contribution in [1.82, 2.24) is 11.0 Å². The monoisotopic (exact) mass is 116 g/mol. The molecule has 1 aliphatic rings. The second kappa shape index (κ2) is 1.92. The minimum absolute atomic E-state index is 0.630. The van der Waals surface area contributed by atoms with Crippen molar-refractivity contribution in [3.63, 3.8) is 0 Å². The van der Waals surface area contributed by atoms with Crippen LogP contribution in [-0.4, -0.2) is 7.05 Å². The molecule has 0 spiro atoms. The van der Waals surface area contributed by atoms with Crippen LogP contribution in [0.3, 0.4) is 0 Å². The van der Waals surface area contributed by atoms with E-state index in [9.17, 15) is 0 Å². The van der Waals surface area contributed by atoms with E-state index < -0.39 is 0 Å². The van der Waals surface area contributed by atoms with Gasteiger partial charge in [0, 0.05) is 19.6 Å². The lowest BCUT2D eigenvalue weighted by Crippen LogP contribution is -2.10. The van der Waals surface area contributed by atoms with Gasteiger partial charge in [0.25, 0.3) is 5.88 Å². The number of rotatable bonds is 1. The van der Waals surface area contributed by atoms with Crippen LogP contribution in [0.15, 0.2) is 11.6 Å². The molecule has 1 heterocycles. The van der Waals surface area contributed by atoms with Crippen molar-refractivity contribution in [3.8, 4) is 0 Å². The maximum atomic E-state index is 4.71. The maximum Gasteiger partial charge on any atom is 0.256 e. The molecular weight excluding hydrogens is 108 g/mol. The van der Waals surface area contributed by atoms with Gasteiger partial charge < -0.3 is 15.0 Å². The summed E-state index contributed by atoms with van der Waals surface area (Å²) in [5, 5.41) is 2.78. The molecule has 0 saturated heterocycles. The molecule has 2 N–H and O–H groups in total. The van der Waals surface area contributed by atoms with Crippen molar-refractivity contribution in [2.24, 2.45) is 0 Å². The second-order valence-corrected chi connectivity index (χ2v) is 1.42. The topological polar surface area (TPSA) is 42.5 Å². The smallest absolute Gasteiger partial charge is 0.256 e. The highest BCUT2D eigenvalue weighted by Gasteiger charge is 2.10. The first-order valence-corrected chi connectivity index (χ1v) is 2.32. The minimum Gasteiger partial charge on any atom is -0.373 e. The highest BCUT2D eigenvalue weighted by Crippen LogP contribution is 2.06. The molecule has 0 aliphatic carbocycles. The lowest BCUT2D eigenvalue weighted by Gasteiger charge is -1.93. The number of hydrogen-bond donors (Lipinski definition) is 2. The van der Waals surface area contributed by atoms with Crippen LogP contribution in [0.25, 0.3) is 0 Å². The number of hydrogen-bond acceptors (Lipinski definition) is 4. The molecule has 1 aliphatic heterocycles. The highest BCUT2D eigenvalue weighted by molar-refractivity contribution is 4.96. The fraction of sp³-hybridized carbons (Fsp3) is 0.500. The molecule has 0 saturated carbocycles. The van der Waals surface area contributed by atoms with E-state index in [-0.39, 0.29) is 0 Å². The molecule has 0 unspecified atom stereocenters. The first kappa shape index (κ1) is 5.24. The van der Waals surface area contributed by atoms with Crippen LogP contribution in [0.1, 0.15) is 6.92 Å². The fourth-order valence-electron chi connectivity index (χ4n) is 0.470. The average Bonchev–Trinajstić information content (AvgIpc) is 2.14. The summed E-state index contributed by atoms with van der Waals surface area (Å²) < 4.78 is 0. The van der Waals surface area contributed by atoms with Gasteiger partial charge in [-0.15, -0.1) is 0 Å². The Hall–Kier alpha value is -0.900. The van der Waals surface area contributed by atoms with Crippen molar-refractivity contribution >= 4 is 0 Å². The van der Waals surface area contributed by atoms with Gasteiger partial charge in [0.1, 0.15) is 0 Å². The molecule has 0 amide bonds. The van der Waals surface area contributed by atoms with Crippen molar-refractivity contribution in [1.29, 1.82) is 0 Å². The van der Waals surface area contributed by atoms with Crippen LogP contribution in [0.4, 0.5) is 0 Å². The summed E-state index contributed by atoms with van der Waals surface area (Å²) in [6.07, 6.45) is 0. The van der Waals surface area contributed by atoms with Gasteiger partial charge in [-0.3, -0.25) is 0 Å². The molecule has 0 fully saturated rings. The summed E-state index contributed by atoms with van der Waals surface area (Å²) in [7, 11) is 1.76. The third-order valence-corrected chi connectivity index (χ3v) is 0.885. The van der Waals surface area contributed by atoms with E-state index in [4.69, 9.17) is 9.68 Å². The molecule has 0 bridgehead atoms. The van der Waals surface area contributed by atoms with E-state index in [1.165, 1.54) is 0 Å².